The molecule has 0 heterocycles. The summed E-state index contributed by atoms with van der Waals surface area (Å²) >= 11 is 0. The second-order valence-corrected chi connectivity index (χ2v) is 5.34. The van der Waals surface area contributed by atoms with E-state index in [0.29, 0.717) is 19.6 Å². The van der Waals surface area contributed by atoms with Crippen LogP contribution in [-0.4, -0.2) is 97.5 Å². The van der Waals surface area contributed by atoms with Crippen molar-refractivity contribution in [2.75, 3.05) is 58.9 Å². The number of carbonyl (C=O) groups is 4. The third-order valence-corrected chi connectivity index (χ3v) is 3.32. The van der Waals surface area contributed by atoms with Gasteiger partial charge in [-0.3, -0.25) is 9.80 Å². The summed E-state index contributed by atoms with van der Waals surface area (Å²) in [5.74, 6) is -5.67. The van der Waals surface area contributed by atoms with Crippen LogP contribution >= 0.6 is 0 Å². The first-order valence-corrected chi connectivity index (χ1v) is 7.60. The predicted molar refractivity (Wildman–Crippen MR) is 75.0 cm³/mol. The second kappa shape index (κ2) is 15.2. The summed E-state index contributed by atoms with van der Waals surface area (Å²) in [5, 5.41) is 42.5. The fraction of sp³-hybridized carbons (Fsp3) is 0.714. The van der Waals surface area contributed by atoms with Crippen LogP contribution in [0, 0.1) is 39.9 Å². The van der Waals surface area contributed by atoms with E-state index in [9.17, 15) is 39.6 Å². The minimum atomic E-state index is -1.42. The number of nitrogens with zero attached hydrogens (tertiary/aromatic N) is 3. The van der Waals surface area contributed by atoms with Crippen molar-refractivity contribution in [2.45, 2.75) is 6.92 Å². The molecule has 11 nitrogen and oxygen atoms in total. The molecule has 26 heavy (non-hydrogen) atoms. The number of rotatable bonds is 15. The molecule has 0 aliphatic heterocycles. The summed E-state index contributed by atoms with van der Waals surface area (Å²) in [6.45, 7) is 0.857. The molecule has 12 heteroatoms. The zero-order valence-corrected chi connectivity index (χ0v) is 16.6. The molecular formula is C14H21GdN3O8-. The van der Waals surface area contributed by atoms with Crippen LogP contribution in [0.2, 0.25) is 0 Å². The van der Waals surface area contributed by atoms with Crippen molar-refractivity contribution >= 4 is 23.9 Å². The fourth-order valence-electron chi connectivity index (χ4n) is 2.15. The normalized spacial score (nSPS) is 10.8. The maximum absolute atomic E-state index is 10.6. The second-order valence-electron chi connectivity index (χ2n) is 5.34. The molecule has 0 rings (SSSR count). The third-order valence-electron chi connectivity index (χ3n) is 3.32. The SMILES string of the molecule is CCN(CCN(CC(=O)[O-])CC(=O)[O-])CCN(CC(=O)[O-])CC(=O)[O-].[Gd+3]. The van der Waals surface area contributed by atoms with Gasteiger partial charge in [-0.05, 0) is 6.54 Å². The molecule has 0 saturated heterocycles. The number of likely N-dealkylation sites (N-methyl/N-ethyl adjacent to an activating group) is 1. The van der Waals surface area contributed by atoms with Crippen molar-refractivity contribution < 1.29 is 79.5 Å². The first kappa shape index (κ1) is 27.3. The monoisotopic (exact) mass is 517 g/mol. The Balaban J connectivity index is 0. The number of carboxylic acids is 4. The van der Waals surface area contributed by atoms with Gasteiger partial charge in [-0.1, -0.05) is 6.92 Å². The van der Waals surface area contributed by atoms with Crippen molar-refractivity contribution in [2.24, 2.45) is 0 Å². The average molecular weight is 517 g/mol. The molecule has 1 radical (unpaired) electrons. The minimum absolute atomic E-state index is 0. The molecule has 0 aliphatic carbocycles. The van der Waals surface area contributed by atoms with Crippen molar-refractivity contribution in [1.82, 2.24) is 14.7 Å². The van der Waals surface area contributed by atoms with Crippen molar-refractivity contribution in [1.29, 1.82) is 0 Å². The topological polar surface area (TPSA) is 170 Å². The van der Waals surface area contributed by atoms with Crippen molar-refractivity contribution in [3.63, 3.8) is 0 Å². The number of carbonyl (C=O) groups excluding carboxylic acids is 4. The Morgan fingerprint density at radius 3 is 1.00 bits per heavy atom. The summed E-state index contributed by atoms with van der Waals surface area (Å²) in [6, 6.07) is 0. The van der Waals surface area contributed by atoms with Gasteiger partial charge < -0.3 is 44.5 Å². The Labute approximate surface area is 183 Å². The summed E-state index contributed by atoms with van der Waals surface area (Å²) in [7, 11) is 0. The molecule has 0 N–H and O–H groups in total. The smallest absolute Gasteiger partial charge is 0.549 e. The third kappa shape index (κ3) is 15.3. The molecule has 0 fully saturated rings. The molecule has 0 aromatic rings. The quantitative estimate of drug-likeness (QED) is 0.203. The molecule has 0 unspecified atom stereocenters. The molecule has 0 bridgehead atoms. The van der Waals surface area contributed by atoms with E-state index in [1.807, 2.05) is 0 Å². The Bertz CT molecular complexity index is 405. The van der Waals surface area contributed by atoms with Gasteiger partial charge in [0, 0.05) is 52.4 Å². The van der Waals surface area contributed by atoms with Crippen LogP contribution < -0.4 is 20.4 Å². The summed E-state index contributed by atoms with van der Waals surface area (Å²) in [5.41, 5.74) is 0. The fourth-order valence-corrected chi connectivity index (χ4v) is 2.15. The van der Waals surface area contributed by atoms with Gasteiger partial charge in [-0.15, -0.1) is 0 Å². The molecule has 0 amide bonds. The van der Waals surface area contributed by atoms with Gasteiger partial charge in [0.15, 0.2) is 0 Å². The van der Waals surface area contributed by atoms with Crippen LogP contribution in [0.4, 0.5) is 0 Å². The van der Waals surface area contributed by atoms with Crippen LogP contribution in [0.15, 0.2) is 0 Å². The largest absolute Gasteiger partial charge is 3.00 e. The van der Waals surface area contributed by atoms with E-state index in [1.165, 1.54) is 0 Å². The minimum Gasteiger partial charge on any atom is -0.549 e. The molecule has 0 aromatic heterocycles. The number of hydrogen-bond donors (Lipinski definition) is 0. The maximum Gasteiger partial charge on any atom is 3.00 e. The molecule has 149 valence electrons. The molecule has 0 spiro atoms. The summed E-state index contributed by atoms with van der Waals surface area (Å²) < 4.78 is 0. The van der Waals surface area contributed by atoms with E-state index < -0.39 is 50.1 Å². The van der Waals surface area contributed by atoms with Gasteiger partial charge in [-0.2, -0.15) is 0 Å². The van der Waals surface area contributed by atoms with Crippen LogP contribution in [0.3, 0.4) is 0 Å². The van der Waals surface area contributed by atoms with Crippen LogP contribution in [-0.2, 0) is 19.2 Å². The molecule has 0 saturated carbocycles. The van der Waals surface area contributed by atoms with Crippen LogP contribution in [0.5, 0.6) is 0 Å². The summed E-state index contributed by atoms with van der Waals surface area (Å²) in [6.07, 6.45) is 0. The van der Waals surface area contributed by atoms with Crippen LogP contribution in [0.1, 0.15) is 6.92 Å². The number of aliphatic carboxylic acids is 4. The Morgan fingerprint density at radius 2 is 0.808 bits per heavy atom. The van der Waals surface area contributed by atoms with Crippen LogP contribution in [0.25, 0.3) is 0 Å². The molecule has 0 aromatic carbocycles. The van der Waals surface area contributed by atoms with E-state index >= 15 is 0 Å². The number of hydrogen-bond acceptors (Lipinski definition) is 11. The molecule has 0 aliphatic rings. The Hall–Kier alpha value is -0.915. The standard InChI is InChI=1S/C14H25N3O8.Gd/c1-2-15(3-5-16(7-11(18)19)8-12(20)21)4-6-17(9-13(22)23)10-14(24)25;/h2-10H2,1H3,(H,18,19)(H,20,21)(H,22,23)(H,24,25);/q;+3/p-4. The number of carboxylic acid groups (broad SMARTS) is 4. The van der Waals surface area contributed by atoms with Gasteiger partial charge in [0.05, 0.1) is 23.9 Å². The summed E-state index contributed by atoms with van der Waals surface area (Å²) in [4.78, 5) is 46.5. The van der Waals surface area contributed by atoms with E-state index in [2.05, 4.69) is 0 Å². The predicted octanol–water partition coefficient (Wildman–Crippen LogP) is -7.09. The maximum atomic E-state index is 10.6. The first-order valence-electron chi connectivity index (χ1n) is 7.60. The van der Waals surface area contributed by atoms with Gasteiger partial charge in [0.1, 0.15) is 0 Å². The van der Waals surface area contributed by atoms with E-state index in [-0.39, 0.29) is 53.0 Å². The molecule has 0 atom stereocenters. The van der Waals surface area contributed by atoms with E-state index in [0.717, 1.165) is 9.80 Å². The van der Waals surface area contributed by atoms with Gasteiger partial charge in [0.25, 0.3) is 0 Å². The molecular weight excluding hydrogens is 495 g/mol. The van der Waals surface area contributed by atoms with Gasteiger partial charge in [0.2, 0.25) is 0 Å². The average Bonchev–Trinajstić information content (AvgIpc) is 2.44. The Morgan fingerprint density at radius 1 is 0.577 bits per heavy atom. The van der Waals surface area contributed by atoms with Gasteiger partial charge in [-0.25, -0.2) is 0 Å². The zero-order valence-electron chi connectivity index (χ0n) is 14.3. The van der Waals surface area contributed by atoms with E-state index in [4.69, 9.17) is 0 Å². The van der Waals surface area contributed by atoms with Crippen molar-refractivity contribution in [3.8, 4) is 0 Å². The first-order chi connectivity index (χ1) is 11.6. The zero-order chi connectivity index (χ0) is 19.4. The van der Waals surface area contributed by atoms with E-state index in [1.54, 1.807) is 11.8 Å². The van der Waals surface area contributed by atoms with Crippen molar-refractivity contribution in [3.05, 3.63) is 0 Å². The van der Waals surface area contributed by atoms with Gasteiger partial charge >= 0.3 is 39.9 Å². The Kier molecular flexibility index (Phi) is 15.9.